The molecule has 2 aromatic rings. The largest absolute Gasteiger partial charge is 0.493 e. The number of benzene rings is 1. The van der Waals surface area contributed by atoms with E-state index in [9.17, 15) is 19.2 Å². The van der Waals surface area contributed by atoms with Gasteiger partial charge in [0.25, 0.3) is 5.91 Å². The van der Waals surface area contributed by atoms with Gasteiger partial charge in [-0.05, 0) is 75.5 Å². The first-order chi connectivity index (χ1) is 17.0. The van der Waals surface area contributed by atoms with Crippen LogP contribution in [0.4, 0.5) is 4.79 Å². The second kappa shape index (κ2) is 11.6. The summed E-state index contributed by atoms with van der Waals surface area (Å²) >= 11 is 6.85. The van der Waals surface area contributed by atoms with Gasteiger partial charge in [-0.25, -0.2) is 14.4 Å². The van der Waals surface area contributed by atoms with Crippen LogP contribution in [0.5, 0.6) is 11.5 Å². The van der Waals surface area contributed by atoms with Crippen LogP contribution < -0.4 is 14.8 Å². The molecule has 0 bridgehead atoms. The van der Waals surface area contributed by atoms with E-state index in [1.165, 1.54) is 32.4 Å². The molecule has 0 spiro atoms. The average Bonchev–Trinajstić information content (AvgIpc) is 3.40. The Balaban J connectivity index is 1.82. The van der Waals surface area contributed by atoms with E-state index < -0.39 is 23.9 Å². The van der Waals surface area contributed by atoms with E-state index in [4.69, 9.17) is 18.6 Å². The highest BCUT2D eigenvalue weighted by atomic mass is 79.9. The SMILES string of the molecule is COC(=O)c1ccc(CN2C(=O)N/C(=C\c3cc(OC)c(OCC(=O)OC(C)C)c(Br)c3Br)C2=O)o1. The molecule has 1 aliphatic heterocycles. The van der Waals surface area contributed by atoms with Crippen LogP contribution in [0.3, 0.4) is 0 Å². The molecule has 0 radical (unpaired) electrons. The van der Waals surface area contributed by atoms with Crippen molar-refractivity contribution in [3.8, 4) is 11.5 Å². The Labute approximate surface area is 222 Å². The van der Waals surface area contributed by atoms with Crippen LogP contribution in [-0.4, -0.2) is 55.7 Å². The third kappa shape index (κ3) is 6.08. The van der Waals surface area contributed by atoms with Crippen LogP contribution in [0, 0.1) is 0 Å². The molecule has 3 amide bonds. The molecule has 1 aliphatic rings. The van der Waals surface area contributed by atoms with Crippen molar-refractivity contribution in [1.82, 2.24) is 10.2 Å². The van der Waals surface area contributed by atoms with Gasteiger partial charge in [-0.15, -0.1) is 0 Å². The summed E-state index contributed by atoms with van der Waals surface area (Å²) < 4.78 is 26.9. The van der Waals surface area contributed by atoms with Gasteiger partial charge in [0.1, 0.15) is 11.5 Å². The number of hydrogen-bond donors (Lipinski definition) is 1. The number of esters is 2. The monoisotopic (exact) mass is 628 g/mol. The van der Waals surface area contributed by atoms with Crippen molar-refractivity contribution in [2.45, 2.75) is 26.5 Å². The predicted molar refractivity (Wildman–Crippen MR) is 132 cm³/mol. The van der Waals surface area contributed by atoms with E-state index in [2.05, 4.69) is 41.9 Å². The number of furan rings is 1. The highest BCUT2D eigenvalue weighted by Crippen LogP contribution is 2.43. The number of carbonyl (C=O) groups is 4. The van der Waals surface area contributed by atoms with Gasteiger partial charge in [-0.3, -0.25) is 9.69 Å². The van der Waals surface area contributed by atoms with E-state index in [-0.39, 0.29) is 48.0 Å². The fraction of sp³-hybridized carbons (Fsp3) is 0.304. The van der Waals surface area contributed by atoms with Crippen molar-refractivity contribution >= 4 is 61.8 Å². The van der Waals surface area contributed by atoms with Gasteiger partial charge in [0.05, 0.1) is 31.3 Å². The zero-order chi connectivity index (χ0) is 26.6. The van der Waals surface area contributed by atoms with E-state index >= 15 is 0 Å². The van der Waals surface area contributed by atoms with Crippen LogP contribution in [0.25, 0.3) is 6.08 Å². The van der Waals surface area contributed by atoms with Gasteiger partial charge in [-0.2, -0.15) is 0 Å². The van der Waals surface area contributed by atoms with Gasteiger partial charge < -0.3 is 28.7 Å². The Hall–Kier alpha value is -3.32. The van der Waals surface area contributed by atoms with E-state index in [0.29, 0.717) is 14.5 Å². The van der Waals surface area contributed by atoms with Crippen molar-refractivity contribution in [2.24, 2.45) is 0 Å². The van der Waals surface area contributed by atoms with Crippen LogP contribution in [0.2, 0.25) is 0 Å². The zero-order valence-corrected chi connectivity index (χ0v) is 22.9. The van der Waals surface area contributed by atoms with Crippen molar-refractivity contribution < 1.29 is 42.5 Å². The number of rotatable bonds is 9. The lowest BCUT2D eigenvalue weighted by molar-refractivity contribution is -0.149. The lowest BCUT2D eigenvalue weighted by Gasteiger charge is -2.16. The minimum atomic E-state index is -0.673. The molecule has 0 atom stereocenters. The maximum Gasteiger partial charge on any atom is 0.373 e. The Bertz CT molecular complexity index is 1240. The fourth-order valence-electron chi connectivity index (χ4n) is 3.12. The fourth-order valence-corrected chi connectivity index (χ4v) is 4.07. The molecule has 1 aromatic heterocycles. The van der Waals surface area contributed by atoms with Crippen molar-refractivity contribution in [3.05, 3.63) is 49.9 Å². The summed E-state index contributed by atoms with van der Waals surface area (Å²) in [6, 6.07) is 3.78. The second-order valence-electron chi connectivity index (χ2n) is 7.59. The number of urea groups is 1. The van der Waals surface area contributed by atoms with Crippen molar-refractivity contribution in [3.63, 3.8) is 0 Å². The van der Waals surface area contributed by atoms with Crippen molar-refractivity contribution in [1.29, 1.82) is 0 Å². The number of halogens is 2. The van der Waals surface area contributed by atoms with Crippen LogP contribution in [0.15, 0.2) is 37.3 Å². The number of methoxy groups -OCH3 is 2. The molecule has 1 N–H and O–H groups in total. The summed E-state index contributed by atoms with van der Waals surface area (Å²) in [4.78, 5) is 49.7. The summed E-state index contributed by atoms with van der Waals surface area (Å²) in [5.74, 6) is -1.12. The Morgan fingerprint density at radius 1 is 1.17 bits per heavy atom. The van der Waals surface area contributed by atoms with Gasteiger partial charge in [0.15, 0.2) is 18.1 Å². The molecule has 0 aliphatic carbocycles. The first kappa shape index (κ1) is 27.3. The molecule has 1 saturated heterocycles. The van der Waals surface area contributed by atoms with Gasteiger partial charge in [-0.1, -0.05) is 0 Å². The number of ether oxygens (including phenoxy) is 4. The summed E-state index contributed by atoms with van der Waals surface area (Å²) in [6.07, 6.45) is 1.17. The third-order valence-corrected chi connectivity index (χ3v) is 6.84. The number of nitrogens with zero attached hydrogens (tertiary/aromatic N) is 1. The molecular weight excluding hydrogens is 608 g/mol. The number of hydrogen-bond acceptors (Lipinski definition) is 9. The van der Waals surface area contributed by atoms with Crippen LogP contribution in [-0.2, 0) is 25.6 Å². The lowest BCUT2D eigenvalue weighted by atomic mass is 10.1. The Morgan fingerprint density at radius 2 is 1.89 bits per heavy atom. The maximum atomic E-state index is 12.9. The third-order valence-electron chi connectivity index (χ3n) is 4.70. The normalized spacial score (nSPS) is 14.3. The molecule has 13 heteroatoms. The summed E-state index contributed by atoms with van der Waals surface area (Å²) in [6.45, 7) is 2.93. The minimum Gasteiger partial charge on any atom is -0.493 e. The van der Waals surface area contributed by atoms with E-state index in [0.717, 1.165) is 4.90 Å². The number of amides is 3. The van der Waals surface area contributed by atoms with Crippen molar-refractivity contribution in [2.75, 3.05) is 20.8 Å². The quantitative estimate of drug-likeness (QED) is 0.248. The smallest absolute Gasteiger partial charge is 0.373 e. The van der Waals surface area contributed by atoms with Crippen LogP contribution >= 0.6 is 31.9 Å². The summed E-state index contributed by atoms with van der Waals surface area (Å²) in [5, 5.41) is 2.52. The zero-order valence-electron chi connectivity index (χ0n) is 19.7. The molecule has 0 unspecified atom stereocenters. The van der Waals surface area contributed by atoms with Gasteiger partial charge in [0.2, 0.25) is 5.76 Å². The molecule has 1 aromatic carbocycles. The van der Waals surface area contributed by atoms with E-state index in [1.54, 1.807) is 19.9 Å². The molecular formula is C23H22Br2N2O9. The second-order valence-corrected chi connectivity index (χ2v) is 9.18. The van der Waals surface area contributed by atoms with Gasteiger partial charge in [0, 0.05) is 4.47 Å². The topological polar surface area (TPSA) is 134 Å². The minimum absolute atomic E-state index is 0.00331. The highest BCUT2D eigenvalue weighted by molar-refractivity contribution is 9.13. The number of carbonyl (C=O) groups excluding carboxylic acids is 4. The molecule has 36 heavy (non-hydrogen) atoms. The lowest BCUT2D eigenvalue weighted by Crippen LogP contribution is -2.30. The molecule has 3 rings (SSSR count). The Morgan fingerprint density at radius 3 is 2.53 bits per heavy atom. The number of imide groups is 1. The molecule has 0 saturated carbocycles. The molecule has 11 nitrogen and oxygen atoms in total. The summed E-state index contributed by atoms with van der Waals surface area (Å²) in [5.41, 5.74) is 0.482. The predicted octanol–water partition coefficient (Wildman–Crippen LogP) is 4.02. The highest BCUT2D eigenvalue weighted by Gasteiger charge is 2.35. The summed E-state index contributed by atoms with van der Waals surface area (Å²) in [7, 11) is 2.63. The molecule has 192 valence electrons. The van der Waals surface area contributed by atoms with Crippen LogP contribution in [0.1, 0.15) is 35.7 Å². The average molecular weight is 630 g/mol. The maximum absolute atomic E-state index is 12.9. The first-order valence-corrected chi connectivity index (χ1v) is 12.0. The first-order valence-electron chi connectivity index (χ1n) is 10.5. The standard InChI is InChI=1S/C23H22Br2N2O9/c1-11(2)35-17(28)10-34-20-16(32-3)8-12(18(24)19(20)25)7-14-21(29)27(23(31)26-14)9-13-5-6-15(36-13)22(30)33-4/h5-8,11H,9-10H2,1-4H3,(H,26,31)/b14-7-. The van der Waals surface area contributed by atoms with E-state index in [1.807, 2.05) is 0 Å². The molecule has 1 fully saturated rings. The Kier molecular flexibility index (Phi) is 8.79. The number of nitrogens with one attached hydrogen (secondary N) is 1. The molecule has 2 heterocycles. The van der Waals surface area contributed by atoms with Gasteiger partial charge >= 0.3 is 18.0 Å².